The molecule has 0 amide bonds. The van der Waals surface area contributed by atoms with Crippen LogP contribution in [-0.4, -0.2) is 5.78 Å². The summed E-state index contributed by atoms with van der Waals surface area (Å²) < 4.78 is 0. The molecular formula is C17H18OS. The average molecular weight is 270 g/mol. The molecule has 19 heavy (non-hydrogen) atoms. The van der Waals surface area contributed by atoms with E-state index in [9.17, 15) is 4.79 Å². The zero-order valence-electron chi connectivity index (χ0n) is 11.0. The van der Waals surface area contributed by atoms with Gasteiger partial charge >= 0.3 is 0 Å². The van der Waals surface area contributed by atoms with Gasteiger partial charge in [0.1, 0.15) is 0 Å². The topological polar surface area (TPSA) is 17.1 Å². The Hall–Kier alpha value is -1.41. The molecule has 2 heteroatoms. The molecule has 0 bridgehead atoms. The van der Waals surface area contributed by atoms with Crippen molar-refractivity contribution in [1.29, 1.82) is 0 Å². The highest BCUT2D eigenvalue weighted by molar-refractivity contribution is 7.12. The van der Waals surface area contributed by atoms with Gasteiger partial charge in [0, 0.05) is 0 Å². The quantitative estimate of drug-likeness (QED) is 0.730. The number of Topliss-reactive ketones (excluding diaryl/α,β-unsaturated/α-hetero) is 1. The molecule has 0 aliphatic heterocycles. The molecule has 0 N–H and O–H groups in total. The van der Waals surface area contributed by atoms with Gasteiger partial charge in [-0.1, -0.05) is 55.7 Å². The van der Waals surface area contributed by atoms with Crippen LogP contribution >= 0.6 is 11.3 Å². The molecule has 0 radical (unpaired) electrons. The van der Waals surface area contributed by atoms with Crippen molar-refractivity contribution in [3.63, 3.8) is 0 Å². The second-order valence-corrected chi connectivity index (χ2v) is 6.26. The third kappa shape index (κ3) is 2.25. The number of hydrogen-bond donors (Lipinski definition) is 0. The van der Waals surface area contributed by atoms with E-state index >= 15 is 0 Å². The zero-order chi connectivity index (χ0) is 13.1. The first-order valence-corrected chi connectivity index (χ1v) is 7.85. The smallest absolute Gasteiger partial charge is 0.183 e. The van der Waals surface area contributed by atoms with Crippen molar-refractivity contribution in [2.75, 3.05) is 0 Å². The van der Waals surface area contributed by atoms with Crippen LogP contribution in [0.4, 0.5) is 0 Å². The summed E-state index contributed by atoms with van der Waals surface area (Å²) in [6.45, 7) is 0. The molecule has 0 saturated heterocycles. The van der Waals surface area contributed by atoms with Crippen LogP contribution in [0.5, 0.6) is 0 Å². The van der Waals surface area contributed by atoms with E-state index in [2.05, 4.69) is 12.1 Å². The third-order valence-electron chi connectivity index (χ3n) is 4.21. The lowest BCUT2D eigenvalue weighted by atomic mass is 9.66. The molecule has 98 valence electrons. The average Bonchev–Trinajstić information content (AvgIpc) is 3.02. The molecule has 1 nitrogen and oxygen atoms in total. The van der Waals surface area contributed by atoms with Gasteiger partial charge in [-0.15, -0.1) is 11.3 Å². The molecule has 1 aromatic heterocycles. The van der Waals surface area contributed by atoms with Crippen LogP contribution in [0.1, 0.15) is 47.3 Å². The van der Waals surface area contributed by atoms with Crippen LogP contribution in [0.15, 0.2) is 47.8 Å². The van der Waals surface area contributed by atoms with E-state index in [1.807, 2.05) is 35.7 Å². The van der Waals surface area contributed by atoms with Gasteiger partial charge in [0.25, 0.3) is 0 Å². The maximum Gasteiger partial charge on any atom is 0.183 e. The minimum Gasteiger partial charge on any atom is -0.292 e. The van der Waals surface area contributed by atoms with Crippen molar-refractivity contribution in [2.45, 2.75) is 37.5 Å². The fourth-order valence-electron chi connectivity index (χ4n) is 3.20. The van der Waals surface area contributed by atoms with Gasteiger partial charge in [-0.3, -0.25) is 4.79 Å². The Balaban J connectivity index is 2.04. The molecule has 3 rings (SSSR count). The minimum atomic E-state index is -0.273. The lowest BCUT2D eigenvalue weighted by molar-refractivity contribution is 0.0844. The van der Waals surface area contributed by atoms with Crippen molar-refractivity contribution < 1.29 is 4.79 Å². The first-order chi connectivity index (χ1) is 9.33. The molecule has 1 heterocycles. The number of thiophene rings is 1. The maximum absolute atomic E-state index is 13.0. The summed E-state index contributed by atoms with van der Waals surface area (Å²) in [5.41, 5.74) is 0.928. The van der Waals surface area contributed by atoms with Crippen molar-refractivity contribution >= 4 is 17.1 Å². The molecule has 1 aliphatic carbocycles. The number of carbonyl (C=O) groups excluding carboxylic acids is 1. The van der Waals surface area contributed by atoms with Crippen LogP contribution in [0.2, 0.25) is 0 Å². The van der Waals surface area contributed by atoms with Crippen LogP contribution in [0, 0.1) is 0 Å². The Bertz CT molecular complexity index is 536. The summed E-state index contributed by atoms with van der Waals surface area (Å²) in [5.74, 6) is 0.327. The number of rotatable bonds is 3. The van der Waals surface area contributed by atoms with E-state index in [0.29, 0.717) is 5.78 Å². The molecule has 1 aliphatic rings. The minimum absolute atomic E-state index is 0.273. The van der Waals surface area contributed by atoms with Gasteiger partial charge in [0.15, 0.2) is 5.78 Å². The Labute approximate surface area is 118 Å². The zero-order valence-corrected chi connectivity index (χ0v) is 11.8. The lowest BCUT2D eigenvalue weighted by Crippen LogP contribution is -2.37. The normalized spacial score (nSPS) is 18.1. The van der Waals surface area contributed by atoms with Crippen molar-refractivity contribution in [1.82, 2.24) is 0 Å². The van der Waals surface area contributed by atoms with Gasteiger partial charge in [-0.05, 0) is 29.9 Å². The van der Waals surface area contributed by atoms with Crippen molar-refractivity contribution in [3.8, 4) is 0 Å². The lowest BCUT2D eigenvalue weighted by Gasteiger charge is -2.36. The number of ketones is 1. The molecule has 0 unspecified atom stereocenters. The van der Waals surface area contributed by atoms with E-state index in [0.717, 1.165) is 30.6 Å². The molecular weight excluding hydrogens is 252 g/mol. The van der Waals surface area contributed by atoms with Gasteiger partial charge in [0.2, 0.25) is 0 Å². The largest absolute Gasteiger partial charge is 0.292 e. The SMILES string of the molecule is O=C(c1cccs1)C1(c2ccccc2)CCCCC1. The van der Waals surface area contributed by atoms with E-state index in [1.54, 1.807) is 11.3 Å². The molecule has 1 fully saturated rings. The Morgan fingerprint density at radius 3 is 2.32 bits per heavy atom. The van der Waals surface area contributed by atoms with Crippen LogP contribution in [-0.2, 0) is 5.41 Å². The summed E-state index contributed by atoms with van der Waals surface area (Å²) in [4.78, 5) is 13.9. The standard InChI is InChI=1S/C17H18OS/c18-16(15-10-7-13-19-15)17(11-5-2-6-12-17)14-8-3-1-4-9-14/h1,3-4,7-10,13H,2,5-6,11-12H2. The first-order valence-electron chi connectivity index (χ1n) is 6.97. The molecule has 2 aromatic rings. The molecule has 0 atom stereocenters. The fraction of sp³-hybridized carbons (Fsp3) is 0.353. The first kappa shape index (κ1) is 12.6. The molecule has 1 saturated carbocycles. The maximum atomic E-state index is 13.0. The Morgan fingerprint density at radius 1 is 0.947 bits per heavy atom. The summed E-state index contributed by atoms with van der Waals surface area (Å²) in [5, 5.41) is 1.99. The monoisotopic (exact) mass is 270 g/mol. The van der Waals surface area contributed by atoms with E-state index < -0.39 is 0 Å². The predicted octanol–water partition coefficient (Wildman–Crippen LogP) is 4.83. The highest BCUT2D eigenvalue weighted by Gasteiger charge is 2.41. The van der Waals surface area contributed by atoms with Gasteiger partial charge < -0.3 is 0 Å². The second kappa shape index (κ2) is 5.30. The van der Waals surface area contributed by atoms with E-state index in [1.165, 1.54) is 12.0 Å². The van der Waals surface area contributed by atoms with Crippen LogP contribution in [0.3, 0.4) is 0 Å². The molecule has 1 aromatic carbocycles. The van der Waals surface area contributed by atoms with Crippen LogP contribution in [0.25, 0.3) is 0 Å². The van der Waals surface area contributed by atoms with Gasteiger partial charge in [-0.2, -0.15) is 0 Å². The van der Waals surface area contributed by atoms with Crippen molar-refractivity contribution in [2.24, 2.45) is 0 Å². The predicted molar refractivity (Wildman–Crippen MR) is 79.9 cm³/mol. The van der Waals surface area contributed by atoms with E-state index in [-0.39, 0.29) is 5.41 Å². The Morgan fingerprint density at radius 2 is 1.68 bits per heavy atom. The van der Waals surface area contributed by atoms with Crippen molar-refractivity contribution in [3.05, 3.63) is 58.3 Å². The fourth-order valence-corrected chi connectivity index (χ4v) is 3.97. The third-order valence-corrected chi connectivity index (χ3v) is 5.08. The number of carbonyl (C=O) groups is 1. The van der Waals surface area contributed by atoms with Gasteiger partial charge in [0.05, 0.1) is 10.3 Å². The summed E-state index contributed by atoms with van der Waals surface area (Å²) in [7, 11) is 0. The highest BCUT2D eigenvalue weighted by atomic mass is 32.1. The summed E-state index contributed by atoms with van der Waals surface area (Å²) >= 11 is 1.57. The second-order valence-electron chi connectivity index (χ2n) is 5.32. The van der Waals surface area contributed by atoms with E-state index in [4.69, 9.17) is 0 Å². The van der Waals surface area contributed by atoms with Gasteiger partial charge in [-0.25, -0.2) is 0 Å². The number of hydrogen-bond acceptors (Lipinski definition) is 2. The Kier molecular flexibility index (Phi) is 3.52. The van der Waals surface area contributed by atoms with Crippen LogP contribution < -0.4 is 0 Å². The highest BCUT2D eigenvalue weighted by Crippen LogP contribution is 2.42. The molecule has 0 spiro atoms. The summed E-state index contributed by atoms with van der Waals surface area (Å²) in [6, 6.07) is 14.3. The number of benzene rings is 1. The summed E-state index contributed by atoms with van der Waals surface area (Å²) in [6.07, 6.45) is 5.56.